The molecule has 16 heavy (non-hydrogen) atoms. The van der Waals surface area contributed by atoms with E-state index in [0.29, 0.717) is 5.56 Å². The molecule has 0 radical (unpaired) electrons. The van der Waals surface area contributed by atoms with Crippen LogP contribution in [0.25, 0.3) is 0 Å². The molecule has 0 saturated carbocycles. The fraction of sp³-hybridized carbons (Fsp3) is 0. The van der Waals surface area contributed by atoms with Gasteiger partial charge in [0.25, 0.3) is 0 Å². The molecular weight excluding hydrogens is 210 g/mol. The lowest BCUT2D eigenvalue weighted by Gasteiger charge is -2.01. The van der Waals surface area contributed by atoms with Crippen LogP contribution in [-0.2, 0) is 0 Å². The molecule has 3 heteroatoms. The van der Waals surface area contributed by atoms with E-state index in [1.54, 1.807) is 30.3 Å². The molecule has 0 N–H and O–H groups in total. The highest BCUT2D eigenvalue weighted by molar-refractivity contribution is 6.08. The number of benzene rings is 2. The highest BCUT2D eigenvalue weighted by Crippen LogP contribution is 2.13. The molecule has 0 unspecified atom stereocenters. The number of halogens is 2. The Morgan fingerprint density at radius 3 is 2.12 bits per heavy atom. The van der Waals surface area contributed by atoms with Crippen molar-refractivity contribution in [2.24, 2.45) is 0 Å². The van der Waals surface area contributed by atoms with Crippen LogP contribution in [0, 0.1) is 11.6 Å². The Morgan fingerprint density at radius 1 is 0.812 bits per heavy atom. The number of ketones is 1. The summed E-state index contributed by atoms with van der Waals surface area (Å²) >= 11 is 0. The molecule has 0 aliphatic heterocycles. The van der Waals surface area contributed by atoms with Crippen molar-refractivity contribution in [1.82, 2.24) is 0 Å². The molecule has 0 aliphatic rings. The van der Waals surface area contributed by atoms with Gasteiger partial charge in [-0.15, -0.1) is 0 Å². The molecule has 80 valence electrons. The van der Waals surface area contributed by atoms with Crippen molar-refractivity contribution in [2.75, 3.05) is 0 Å². The Morgan fingerprint density at radius 2 is 1.50 bits per heavy atom. The van der Waals surface area contributed by atoms with Crippen LogP contribution >= 0.6 is 0 Å². The van der Waals surface area contributed by atoms with Crippen molar-refractivity contribution < 1.29 is 13.6 Å². The van der Waals surface area contributed by atoms with Gasteiger partial charge in [-0.1, -0.05) is 30.3 Å². The molecule has 0 saturated heterocycles. The largest absolute Gasteiger partial charge is 0.289 e. The van der Waals surface area contributed by atoms with Gasteiger partial charge in [-0.05, 0) is 18.2 Å². The van der Waals surface area contributed by atoms with Crippen LogP contribution < -0.4 is 0 Å². The van der Waals surface area contributed by atoms with Gasteiger partial charge in [-0.2, -0.15) is 0 Å². The van der Waals surface area contributed by atoms with E-state index in [1.807, 2.05) is 0 Å². The fourth-order valence-corrected chi connectivity index (χ4v) is 1.39. The summed E-state index contributed by atoms with van der Waals surface area (Å²) in [5.74, 6) is -2.29. The third-order valence-corrected chi connectivity index (χ3v) is 2.22. The lowest BCUT2D eigenvalue weighted by atomic mass is 10.0. The van der Waals surface area contributed by atoms with Gasteiger partial charge < -0.3 is 0 Å². The number of carbonyl (C=O) groups excluding carboxylic acids is 1. The van der Waals surface area contributed by atoms with Crippen LogP contribution in [0.1, 0.15) is 15.9 Å². The summed E-state index contributed by atoms with van der Waals surface area (Å²) in [7, 11) is 0. The van der Waals surface area contributed by atoms with Gasteiger partial charge >= 0.3 is 0 Å². The molecule has 0 heterocycles. The first kappa shape index (κ1) is 10.5. The number of carbonyl (C=O) groups is 1. The predicted octanol–water partition coefficient (Wildman–Crippen LogP) is 3.20. The quantitative estimate of drug-likeness (QED) is 0.707. The molecule has 0 bridgehead atoms. The lowest BCUT2D eigenvalue weighted by Crippen LogP contribution is -2.02. The Balaban J connectivity index is 2.39. The van der Waals surface area contributed by atoms with E-state index in [9.17, 15) is 13.6 Å². The molecule has 2 aromatic carbocycles. The zero-order valence-electron chi connectivity index (χ0n) is 8.28. The Hall–Kier alpha value is -2.03. The van der Waals surface area contributed by atoms with Crippen LogP contribution in [0.4, 0.5) is 8.78 Å². The van der Waals surface area contributed by atoms with E-state index < -0.39 is 11.6 Å². The second-order valence-corrected chi connectivity index (χ2v) is 3.32. The third-order valence-electron chi connectivity index (χ3n) is 2.22. The van der Waals surface area contributed by atoms with E-state index in [2.05, 4.69) is 0 Å². The highest BCUT2D eigenvalue weighted by atomic mass is 19.2. The van der Waals surface area contributed by atoms with Gasteiger partial charge in [-0.3, -0.25) is 4.79 Å². The van der Waals surface area contributed by atoms with Gasteiger partial charge in [0.05, 0.1) is 0 Å². The molecule has 1 nitrogen and oxygen atoms in total. The van der Waals surface area contributed by atoms with Gasteiger partial charge in [0.1, 0.15) is 0 Å². The second-order valence-electron chi connectivity index (χ2n) is 3.32. The molecular formula is C13H8F2O. The Bertz CT molecular complexity index is 521. The molecule has 2 aromatic rings. The summed E-state index contributed by atoms with van der Waals surface area (Å²) in [6.07, 6.45) is 0. The van der Waals surface area contributed by atoms with Crippen LogP contribution in [-0.4, -0.2) is 5.78 Å². The Kier molecular flexibility index (Phi) is 2.77. The maximum atomic E-state index is 12.9. The summed E-state index contributed by atoms with van der Waals surface area (Å²) in [5, 5.41) is 0. The summed E-state index contributed by atoms with van der Waals surface area (Å²) < 4.78 is 25.6. The van der Waals surface area contributed by atoms with E-state index in [1.165, 1.54) is 6.07 Å². The van der Waals surface area contributed by atoms with Gasteiger partial charge in [0.15, 0.2) is 17.4 Å². The van der Waals surface area contributed by atoms with Crippen molar-refractivity contribution in [1.29, 1.82) is 0 Å². The van der Waals surface area contributed by atoms with Crippen LogP contribution in [0.2, 0.25) is 0 Å². The summed E-state index contributed by atoms with van der Waals surface area (Å²) in [4.78, 5) is 11.8. The first-order chi connectivity index (χ1) is 7.68. The van der Waals surface area contributed by atoms with Crippen LogP contribution in [0.5, 0.6) is 0 Å². The van der Waals surface area contributed by atoms with Gasteiger partial charge in [0.2, 0.25) is 0 Å². The molecule has 0 spiro atoms. The van der Waals surface area contributed by atoms with E-state index in [0.717, 1.165) is 12.1 Å². The maximum Gasteiger partial charge on any atom is 0.193 e. The summed E-state index contributed by atoms with van der Waals surface area (Å²) in [5.41, 5.74) is 0.596. The number of rotatable bonds is 2. The lowest BCUT2D eigenvalue weighted by molar-refractivity contribution is 0.103. The van der Waals surface area contributed by atoms with Crippen molar-refractivity contribution in [3.8, 4) is 0 Å². The third kappa shape index (κ3) is 1.98. The van der Waals surface area contributed by atoms with Crippen LogP contribution in [0.15, 0.2) is 48.5 Å². The van der Waals surface area contributed by atoms with Gasteiger partial charge in [-0.25, -0.2) is 8.78 Å². The van der Waals surface area contributed by atoms with Crippen molar-refractivity contribution in [3.63, 3.8) is 0 Å². The minimum Gasteiger partial charge on any atom is -0.289 e. The molecule has 2 rings (SSSR count). The standard InChI is InChI=1S/C13H8F2O/c14-11-7-6-10(8-12(11)15)13(16)9-4-2-1-3-5-9/h1-8H. The summed E-state index contributed by atoms with van der Waals surface area (Å²) in [6, 6.07) is 11.6. The zero-order chi connectivity index (χ0) is 11.5. The average molecular weight is 218 g/mol. The topological polar surface area (TPSA) is 17.1 Å². The maximum absolute atomic E-state index is 12.9. The molecule has 0 atom stereocenters. The van der Waals surface area contributed by atoms with E-state index in [-0.39, 0.29) is 11.3 Å². The normalized spacial score (nSPS) is 10.1. The smallest absolute Gasteiger partial charge is 0.193 e. The SMILES string of the molecule is O=C(c1ccccc1)c1ccc(F)c(F)c1. The average Bonchev–Trinajstić information content (AvgIpc) is 2.33. The number of hydrogen-bond donors (Lipinski definition) is 0. The zero-order valence-corrected chi connectivity index (χ0v) is 8.28. The monoisotopic (exact) mass is 218 g/mol. The molecule has 0 aromatic heterocycles. The van der Waals surface area contributed by atoms with E-state index in [4.69, 9.17) is 0 Å². The molecule has 0 fully saturated rings. The minimum atomic E-state index is -1.01. The van der Waals surface area contributed by atoms with Crippen molar-refractivity contribution in [3.05, 3.63) is 71.3 Å². The molecule has 0 aliphatic carbocycles. The van der Waals surface area contributed by atoms with Crippen molar-refractivity contribution in [2.45, 2.75) is 0 Å². The second kappa shape index (κ2) is 4.23. The van der Waals surface area contributed by atoms with E-state index >= 15 is 0 Å². The fourth-order valence-electron chi connectivity index (χ4n) is 1.39. The molecule has 0 amide bonds. The first-order valence-electron chi connectivity index (χ1n) is 4.73. The summed E-state index contributed by atoms with van der Waals surface area (Å²) in [6.45, 7) is 0. The highest BCUT2D eigenvalue weighted by Gasteiger charge is 2.11. The predicted molar refractivity (Wildman–Crippen MR) is 56.2 cm³/mol. The minimum absolute atomic E-state index is 0.144. The van der Waals surface area contributed by atoms with Crippen molar-refractivity contribution >= 4 is 5.78 Å². The van der Waals surface area contributed by atoms with Gasteiger partial charge in [0, 0.05) is 11.1 Å². The first-order valence-corrected chi connectivity index (χ1v) is 4.73. The Labute approximate surface area is 91.3 Å². The van der Waals surface area contributed by atoms with Crippen LogP contribution in [0.3, 0.4) is 0 Å². The number of hydrogen-bond acceptors (Lipinski definition) is 1.